The molecule has 210 valence electrons. The van der Waals surface area contributed by atoms with Crippen molar-refractivity contribution in [1.29, 1.82) is 0 Å². The van der Waals surface area contributed by atoms with Crippen molar-refractivity contribution in [1.82, 2.24) is 9.80 Å². The van der Waals surface area contributed by atoms with Crippen molar-refractivity contribution in [2.75, 3.05) is 39.3 Å². The van der Waals surface area contributed by atoms with Crippen LogP contribution in [0.3, 0.4) is 0 Å². The fourth-order valence-electron chi connectivity index (χ4n) is 4.56. The zero-order valence-corrected chi connectivity index (χ0v) is 23.5. The number of quaternary nitrogens is 2. The van der Waals surface area contributed by atoms with Gasteiger partial charge in [0.2, 0.25) is 11.8 Å². The van der Waals surface area contributed by atoms with Gasteiger partial charge in [-0.15, -0.1) is 0 Å². The molecule has 0 aliphatic carbocycles. The molecule has 0 saturated heterocycles. The van der Waals surface area contributed by atoms with Gasteiger partial charge in [-0.3, -0.25) is 14.4 Å². The van der Waals surface area contributed by atoms with Crippen LogP contribution >= 0.6 is 0 Å². The Balaban J connectivity index is 2.39. The number of nitrogens with zero attached hydrogens (tertiary/aromatic N) is 2. The lowest BCUT2D eigenvalue weighted by molar-refractivity contribution is -0.644. The number of carbonyl (C=O) groups excluding carboxylic acids is 3. The Morgan fingerprint density at radius 2 is 1.43 bits per heavy atom. The largest absolute Gasteiger partial charge is 0.368 e. The van der Waals surface area contributed by atoms with Crippen molar-refractivity contribution in [3.8, 4) is 0 Å². The molecule has 0 aliphatic heterocycles. The highest BCUT2D eigenvalue weighted by Gasteiger charge is 2.27. The van der Waals surface area contributed by atoms with Crippen LogP contribution in [0, 0.1) is 0 Å². The molecule has 1 aromatic rings. The van der Waals surface area contributed by atoms with Gasteiger partial charge in [-0.1, -0.05) is 95.0 Å². The molecule has 8 heteroatoms. The fraction of sp³-hybridized carbons (Fsp3) is 0.690. The first-order valence-corrected chi connectivity index (χ1v) is 14.4. The number of hydrogen-bond acceptors (Lipinski definition) is 3. The van der Waals surface area contributed by atoms with E-state index in [-0.39, 0.29) is 30.9 Å². The molecule has 0 heterocycles. The van der Waals surface area contributed by atoms with E-state index in [9.17, 15) is 14.4 Å². The van der Waals surface area contributed by atoms with Crippen LogP contribution < -0.4 is 16.8 Å². The van der Waals surface area contributed by atoms with Crippen molar-refractivity contribution >= 4 is 17.7 Å². The Bertz CT molecular complexity index is 759. The van der Waals surface area contributed by atoms with Crippen LogP contribution in [0.15, 0.2) is 30.3 Å². The van der Waals surface area contributed by atoms with Gasteiger partial charge in [-0.05, 0) is 25.3 Å². The zero-order chi connectivity index (χ0) is 27.3. The SMILES string of the molecule is CCCCCCCCCCCCC[NH2+]CC(=O)N(CC[NH3+])CC(=O)N(CC(N)=O)C(C)c1ccccc1. The van der Waals surface area contributed by atoms with E-state index in [1.165, 1.54) is 69.1 Å². The maximum Gasteiger partial charge on any atom is 0.278 e. The van der Waals surface area contributed by atoms with E-state index in [0.29, 0.717) is 19.6 Å². The molecular weight excluding hydrogens is 466 g/mol. The van der Waals surface area contributed by atoms with E-state index >= 15 is 0 Å². The maximum absolute atomic E-state index is 13.2. The third-order valence-electron chi connectivity index (χ3n) is 6.83. The van der Waals surface area contributed by atoms with Crippen molar-refractivity contribution in [3.05, 3.63) is 35.9 Å². The normalized spacial score (nSPS) is 11.8. The van der Waals surface area contributed by atoms with Gasteiger partial charge in [0.15, 0.2) is 6.54 Å². The third-order valence-corrected chi connectivity index (χ3v) is 6.83. The highest BCUT2D eigenvalue weighted by atomic mass is 16.2. The van der Waals surface area contributed by atoms with Crippen molar-refractivity contribution < 1.29 is 25.4 Å². The number of benzene rings is 1. The molecule has 0 radical (unpaired) electrons. The van der Waals surface area contributed by atoms with Crippen LogP contribution in [0.2, 0.25) is 0 Å². The summed E-state index contributed by atoms with van der Waals surface area (Å²) in [5, 5.41) is 2.03. The van der Waals surface area contributed by atoms with Crippen LogP contribution in [0.25, 0.3) is 0 Å². The van der Waals surface area contributed by atoms with Gasteiger partial charge >= 0.3 is 0 Å². The lowest BCUT2D eigenvalue weighted by Gasteiger charge is -2.31. The quantitative estimate of drug-likeness (QED) is 0.203. The van der Waals surface area contributed by atoms with E-state index < -0.39 is 5.91 Å². The molecule has 0 aliphatic rings. The molecule has 3 amide bonds. The first-order valence-electron chi connectivity index (χ1n) is 14.4. The first kappa shape index (κ1) is 32.6. The number of primary amides is 1. The number of hydrogen-bond donors (Lipinski definition) is 3. The van der Waals surface area contributed by atoms with Gasteiger partial charge in [0, 0.05) is 0 Å². The molecule has 1 atom stereocenters. The molecule has 8 nitrogen and oxygen atoms in total. The third kappa shape index (κ3) is 14.8. The second-order valence-corrected chi connectivity index (χ2v) is 10.1. The van der Waals surface area contributed by atoms with Gasteiger partial charge in [-0.2, -0.15) is 0 Å². The summed E-state index contributed by atoms with van der Waals surface area (Å²) < 4.78 is 0. The van der Waals surface area contributed by atoms with Crippen LogP contribution in [-0.4, -0.2) is 66.8 Å². The van der Waals surface area contributed by atoms with E-state index in [4.69, 9.17) is 5.73 Å². The Hall–Kier alpha value is -2.45. The van der Waals surface area contributed by atoms with E-state index in [0.717, 1.165) is 18.5 Å². The summed E-state index contributed by atoms with van der Waals surface area (Å²) in [5.41, 5.74) is 10.2. The molecule has 7 N–H and O–H groups in total. The number of carbonyl (C=O) groups is 3. The Kier molecular flexibility index (Phi) is 18.1. The molecule has 1 unspecified atom stereocenters. The summed E-state index contributed by atoms with van der Waals surface area (Å²) in [6.45, 7) is 6.00. The Morgan fingerprint density at radius 1 is 0.865 bits per heavy atom. The van der Waals surface area contributed by atoms with Crippen LogP contribution in [0.4, 0.5) is 0 Å². The van der Waals surface area contributed by atoms with Crippen LogP contribution in [0.1, 0.15) is 96.1 Å². The summed E-state index contributed by atoms with van der Waals surface area (Å²) in [6.07, 6.45) is 14.3. The van der Waals surface area contributed by atoms with Crippen molar-refractivity contribution in [3.63, 3.8) is 0 Å². The van der Waals surface area contributed by atoms with Gasteiger partial charge in [0.1, 0.15) is 6.54 Å². The molecule has 0 aromatic heterocycles. The topological polar surface area (TPSA) is 128 Å². The van der Waals surface area contributed by atoms with E-state index in [2.05, 4.69) is 12.7 Å². The second-order valence-electron chi connectivity index (χ2n) is 10.1. The standard InChI is InChI=1S/C29H51N5O3/c1-3-4-5-6-7-8-9-10-11-12-16-20-32-22-28(36)33(21-19-30)24-29(37)34(23-27(31)35)25(2)26-17-14-13-15-18-26/h13-15,17-18,25,32H,3-12,16,19-24,30H2,1-2H3,(H2,31,35)/p+2. The minimum Gasteiger partial charge on any atom is -0.368 e. The summed E-state index contributed by atoms with van der Waals surface area (Å²) in [7, 11) is 0. The minimum atomic E-state index is -0.577. The number of nitrogens with two attached hydrogens (primary N) is 2. The molecule has 37 heavy (non-hydrogen) atoms. The highest BCUT2D eigenvalue weighted by Crippen LogP contribution is 2.20. The van der Waals surface area contributed by atoms with E-state index in [1.54, 1.807) is 4.90 Å². The molecular formula is C29H53N5O3+2. The molecule has 0 fully saturated rings. The number of unbranched alkanes of at least 4 members (excludes halogenated alkanes) is 10. The average Bonchev–Trinajstić information content (AvgIpc) is 2.89. The average molecular weight is 520 g/mol. The Labute approximate surface area is 224 Å². The molecule has 0 spiro atoms. The zero-order valence-electron chi connectivity index (χ0n) is 23.5. The lowest BCUT2D eigenvalue weighted by atomic mass is 10.1. The maximum atomic E-state index is 13.2. The second kappa shape index (κ2) is 20.6. The van der Waals surface area contributed by atoms with Gasteiger partial charge in [-0.25, -0.2) is 0 Å². The summed E-state index contributed by atoms with van der Waals surface area (Å²) in [4.78, 5) is 40.7. The first-order chi connectivity index (χ1) is 17.9. The number of rotatable bonds is 22. The fourth-order valence-corrected chi connectivity index (χ4v) is 4.56. The summed E-state index contributed by atoms with van der Waals surface area (Å²) in [5.74, 6) is -0.944. The van der Waals surface area contributed by atoms with Crippen molar-refractivity contribution in [2.24, 2.45) is 5.73 Å². The minimum absolute atomic E-state index is 0.0773. The molecule has 1 aromatic carbocycles. The number of amides is 3. The van der Waals surface area contributed by atoms with E-state index in [1.807, 2.05) is 42.6 Å². The lowest BCUT2D eigenvalue weighted by Crippen LogP contribution is -2.86. The Morgan fingerprint density at radius 3 is 1.97 bits per heavy atom. The van der Waals surface area contributed by atoms with Crippen molar-refractivity contribution in [2.45, 2.75) is 90.5 Å². The smallest absolute Gasteiger partial charge is 0.278 e. The monoisotopic (exact) mass is 519 g/mol. The summed E-state index contributed by atoms with van der Waals surface area (Å²) in [6, 6.07) is 9.18. The van der Waals surface area contributed by atoms with Gasteiger partial charge in [0.25, 0.3) is 5.91 Å². The predicted octanol–water partition coefficient (Wildman–Crippen LogP) is 2.01. The molecule has 0 saturated carbocycles. The highest BCUT2D eigenvalue weighted by molar-refractivity contribution is 5.88. The molecule has 0 bridgehead atoms. The van der Waals surface area contributed by atoms with Gasteiger partial charge in [0.05, 0.1) is 32.2 Å². The van der Waals surface area contributed by atoms with Crippen LogP contribution in [0.5, 0.6) is 0 Å². The van der Waals surface area contributed by atoms with Crippen LogP contribution in [-0.2, 0) is 14.4 Å². The predicted molar refractivity (Wildman–Crippen MR) is 148 cm³/mol. The summed E-state index contributed by atoms with van der Waals surface area (Å²) >= 11 is 0. The molecule has 1 rings (SSSR count). The van der Waals surface area contributed by atoms with Gasteiger partial charge < -0.3 is 26.6 Å².